The Labute approximate surface area is 126 Å². The number of hydrogen-bond acceptors (Lipinski definition) is 3. The Morgan fingerprint density at radius 3 is 2.57 bits per heavy atom. The highest BCUT2D eigenvalue weighted by atomic mass is 16.5. The Bertz CT molecular complexity index is 434. The molecule has 0 aliphatic rings. The van der Waals surface area contributed by atoms with Crippen LogP contribution < -0.4 is 5.32 Å². The number of nitrogens with zero attached hydrogens (tertiary/aromatic N) is 1. The molecule has 0 bridgehead atoms. The summed E-state index contributed by atoms with van der Waals surface area (Å²) < 4.78 is 4.90. The molecular formula is C16H24N2O3. The summed E-state index contributed by atoms with van der Waals surface area (Å²) in [6.45, 7) is 4.17. The van der Waals surface area contributed by atoms with E-state index in [-0.39, 0.29) is 18.2 Å². The maximum Gasteiger partial charge on any atom is 0.232 e. The summed E-state index contributed by atoms with van der Waals surface area (Å²) >= 11 is 0. The lowest BCUT2D eigenvalue weighted by Crippen LogP contribution is -2.35. The van der Waals surface area contributed by atoms with Gasteiger partial charge in [-0.2, -0.15) is 0 Å². The summed E-state index contributed by atoms with van der Waals surface area (Å²) in [6.07, 6.45) is 0.644. The fraction of sp³-hybridized carbons (Fsp3) is 0.500. The molecule has 0 radical (unpaired) electrons. The quantitative estimate of drug-likeness (QED) is 0.555. The van der Waals surface area contributed by atoms with Gasteiger partial charge in [-0.25, -0.2) is 0 Å². The van der Waals surface area contributed by atoms with Gasteiger partial charge in [0.1, 0.15) is 6.42 Å². The predicted molar refractivity (Wildman–Crippen MR) is 81.7 cm³/mol. The van der Waals surface area contributed by atoms with E-state index in [1.54, 1.807) is 12.0 Å². The van der Waals surface area contributed by atoms with Crippen molar-refractivity contribution in [3.8, 4) is 0 Å². The van der Waals surface area contributed by atoms with Gasteiger partial charge in [0.05, 0.1) is 0 Å². The van der Waals surface area contributed by atoms with Crippen LogP contribution in [0, 0.1) is 0 Å². The second-order valence-corrected chi connectivity index (χ2v) is 4.77. The second kappa shape index (κ2) is 9.94. The minimum absolute atomic E-state index is 0.104. The van der Waals surface area contributed by atoms with Crippen molar-refractivity contribution < 1.29 is 14.3 Å². The van der Waals surface area contributed by atoms with Crippen LogP contribution in [0.1, 0.15) is 25.3 Å². The molecule has 0 aromatic heterocycles. The number of nitrogens with one attached hydrogen (secondary N) is 1. The van der Waals surface area contributed by atoms with Crippen molar-refractivity contribution in [1.82, 2.24) is 10.2 Å². The van der Waals surface area contributed by atoms with Crippen LogP contribution in [0.2, 0.25) is 0 Å². The first kappa shape index (κ1) is 17.2. The molecule has 0 heterocycles. The van der Waals surface area contributed by atoms with Gasteiger partial charge in [0.2, 0.25) is 11.8 Å². The van der Waals surface area contributed by atoms with Crippen LogP contribution in [0.15, 0.2) is 30.3 Å². The second-order valence-electron chi connectivity index (χ2n) is 4.77. The lowest BCUT2D eigenvalue weighted by Gasteiger charge is -2.20. The van der Waals surface area contributed by atoms with Crippen LogP contribution in [-0.2, 0) is 20.9 Å². The highest BCUT2D eigenvalue weighted by molar-refractivity contribution is 5.96. The topological polar surface area (TPSA) is 58.6 Å². The van der Waals surface area contributed by atoms with Gasteiger partial charge in [-0.1, -0.05) is 30.3 Å². The van der Waals surface area contributed by atoms with Crippen LogP contribution in [0.25, 0.3) is 0 Å². The van der Waals surface area contributed by atoms with Crippen LogP contribution in [0.4, 0.5) is 0 Å². The van der Waals surface area contributed by atoms with E-state index in [0.29, 0.717) is 26.2 Å². The van der Waals surface area contributed by atoms with Gasteiger partial charge in [-0.3, -0.25) is 9.59 Å². The number of ether oxygens (including phenoxy) is 1. The average molecular weight is 292 g/mol. The summed E-state index contributed by atoms with van der Waals surface area (Å²) in [4.78, 5) is 25.5. The van der Waals surface area contributed by atoms with Crippen molar-refractivity contribution in [2.75, 3.05) is 26.8 Å². The van der Waals surface area contributed by atoms with Crippen molar-refractivity contribution in [2.45, 2.75) is 26.3 Å². The zero-order valence-electron chi connectivity index (χ0n) is 12.8. The third-order valence-corrected chi connectivity index (χ3v) is 3.11. The molecule has 1 rings (SSSR count). The van der Waals surface area contributed by atoms with Crippen molar-refractivity contribution in [2.24, 2.45) is 0 Å². The minimum Gasteiger partial charge on any atom is -0.385 e. The molecule has 0 aliphatic heterocycles. The molecule has 116 valence electrons. The molecule has 0 fully saturated rings. The minimum atomic E-state index is -0.234. The zero-order chi connectivity index (χ0) is 15.5. The first-order valence-electron chi connectivity index (χ1n) is 7.24. The monoisotopic (exact) mass is 292 g/mol. The van der Waals surface area contributed by atoms with E-state index in [9.17, 15) is 9.59 Å². The Morgan fingerprint density at radius 2 is 1.95 bits per heavy atom. The van der Waals surface area contributed by atoms with E-state index in [4.69, 9.17) is 4.74 Å². The van der Waals surface area contributed by atoms with Crippen LogP contribution in [0.3, 0.4) is 0 Å². The Hall–Kier alpha value is -1.88. The van der Waals surface area contributed by atoms with E-state index < -0.39 is 0 Å². The van der Waals surface area contributed by atoms with Gasteiger partial charge in [-0.15, -0.1) is 0 Å². The molecule has 0 aliphatic carbocycles. The molecule has 1 aromatic carbocycles. The Kier molecular flexibility index (Phi) is 8.12. The lowest BCUT2D eigenvalue weighted by atomic mass is 10.2. The summed E-state index contributed by atoms with van der Waals surface area (Å²) in [7, 11) is 1.62. The zero-order valence-corrected chi connectivity index (χ0v) is 12.8. The first-order valence-corrected chi connectivity index (χ1v) is 7.24. The summed E-state index contributed by atoms with van der Waals surface area (Å²) in [5.41, 5.74) is 1.06. The van der Waals surface area contributed by atoms with Crippen molar-refractivity contribution in [3.63, 3.8) is 0 Å². The molecule has 5 heteroatoms. The fourth-order valence-electron chi connectivity index (χ4n) is 1.94. The summed E-state index contributed by atoms with van der Waals surface area (Å²) in [5.74, 6) is -0.381. The Balaban J connectivity index is 2.39. The first-order chi connectivity index (χ1) is 10.2. The van der Waals surface area contributed by atoms with Gasteiger partial charge in [0, 0.05) is 33.4 Å². The van der Waals surface area contributed by atoms with E-state index >= 15 is 0 Å². The molecular weight excluding hydrogens is 268 g/mol. The third kappa shape index (κ3) is 6.90. The normalized spacial score (nSPS) is 10.2. The highest BCUT2D eigenvalue weighted by Gasteiger charge is 2.15. The molecule has 0 saturated carbocycles. The number of benzene rings is 1. The third-order valence-electron chi connectivity index (χ3n) is 3.11. The maximum atomic E-state index is 12.1. The van der Waals surface area contributed by atoms with Crippen LogP contribution in [0.5, 0.6) is 0 Å². The molecule has 5 nitrogen and oxygen atoms in total. The molecule has 0 saturated heterocycles. The molecule has 0 atom stereocenters. The van der Waals surface area contributed by atoms with E-state index in [1.165, 1.54) is 0 Å². The van der Waals surface area contributed by atoms with Gasteiger partial charge in [0.15, 0.2) is 0 Å². The number of methoxy groups -OCH3 is 1. The molecule has 0 unspecified atom stereocenters. The number of rotatable bonds is 9. The molecule has 2 amide bonds. The van der Waals surface area contributed by atoms with Crippen LogP contribution >= 0.6 is 0 Å². The van der Waals surface area contributed by atoms with Gasteiger partial charge in [0.25, 0.3) is 0 Å². The maximum absolute atomic E-state index is 12.1. The Morgan fingerprint density at radius 1 is 1.24 bits per heavy atom. The van der Waals surface area contributed by atoms with E-state index in [0.717, 1.165) is 12.0 Å². The number of carbonyl (C=O) groups excluding carboxylic acids is 2. The molecule has 1 N–H and O–H groups in total. The number of hydrogen-bond donors (Lipinski definition) is 1. The van der Waals surface area contributed by atoms with Gasteiger partial charge >= 0.3 is 0 Å². The average Bonchev–Trinajstić information content (AvgIpc) is 2.50. The largest absolute Gasteiger partial charge is 0.385 e. The van der Waals surface area contributed by atoms with Crippen LogP contribution in [-0.4, -0.2) is 43.5 Å². The van der Waals surface area contributed by atoms with Crippen molar-refractivity contribution in [3.05, 3.63) is 35.9 Å². The van der Waals surface area contributed by atoms with Crippen molar-refractivity contribution in [1.29, 1.82) is 0 Å². The predicted octanol–water partition coefficient (Wildman–Crippen LogP) is 1.58. The van der Waals surface area contributed by atoms with E-state index in [1.807, 2.05) is 37.3 Å². The van der Waals surface area contributed by atoms with E-state index in [2.05, 4.69) is 5.32 Å². The van der Waals surface area contributed by atoms with Gasteiger partial charge < -0.3 is 15.0 Å². The molecule has 21 heavy (non-hydrogen) atoms. The number of amides is 2. The standard InChI is InChI=1S/C16H24N2O3/c1-3-18(13-14-8-5-4-6-9-14)16(20)12-15(19)17-10-7-11-21-2/h4-6,8-9H,3,7,10-13H2,1-2H3,(H,17,19). The lowest BCUT2D eigenvalue weighted by molar-refractivity contribution is -0.136. The SMILES string of the molecule is CCN(Cc1ccccc1)C(=O)CC(=O)NCCCOC. The van der Waals surface area contributed by atoms with Crippen molar-refractivity contribution >= 4 is 11.8 Å². The molecule has 0 spiro atoms. The summed E-state index contributed by atoms with van der Waals surface area (Å²) in [5, 5.41) is 2.72. The number of carbonyl (C=O) groups is 2. The fourth-order valence-corrected chi connectivity index (χ4v) is 1.94. The smallest absolute Gasteiger partial charge is 0.232 e. The molecule has 1 aromatic rings. The highest BCUT2D eigenvalue weighted by Crippen LogP contribution is 2.05. The van der Waals surface area contributed by atoms with Gasteiger partial charge in [-0.05, 0) is 18.9 Å². The summed E-state index contributed by atoms with van der Waals surface area (Å²) in [6, 6.07) is 9.77.